The third kappa shape index (κ3) is 4.32. The zero-order valence-electron chi connectivity index (χ0n) is 41.5. The van der Waals surface area contributed by atoms with E-state index in [0.717, 1.165) is 20.8 Å². The first-order valence-electron chi connectivity index (χ1n) is 21.5. The van der Waals surface area contributed by atoms with Crippen molar-refractivity contribution in [3.8, 4) is 0 Å². The van der Waals surface area contributed by atoms with Crippen molar-refractivity contribution in [3.63, 3.8) is 0 Å². The minimum absolute atomic E-state index is 0.0385. The summed E-state index contributed by atoms with van der Waals surface area (Å²) in [5, 5.41) is 2.53. The standard InChI is InChI=1S/C28H37FN4O2/c1-17-13-24-30-18(2)21(26(34)33(24)16-27(17,3)4)10-12-32-11-9-19(15-28(32,5)6)25-22-8-7-20(29)14-23(22)35-31-25/h7-8,14,17,19H,9-13,15-16H2,1-6H3/i2D3,7D,8D,9D2,10D2,11D2,12D2,13D2,14D,15D2,16D2,17D,19D. The average Bonchev–Trinajstić information content (AvgIpc) is 3.48. The summed E-state index contributed by atoms with van der Waals surface area (Å²) < 4.78 is 213. The average molecular weight is 503 g/mol. The Balaban J connectivity index is 1.88. The second kappa shape index (κ2) is 8.54. The molecule has 0 saturated carbocycles. The molecule has 4 heterocycles. The number of rotatable bonds is 4. The van der Waals surface area contributed by atoms with E-state index in [4.69, 9.17) is 27.8 Å². The number of benzene rings is 1. The summed E-state index contributed by atoms with van der Waals surface area (Å²) in [7, 11) is 0. The van der Waals surface area contributed by atoms with Gasteiger partial charge in [0.15, 0.2) is 5.58 Å². The fourth-order valence-electron chi connectivity index (χ4n) is 3.46. The van der Waals surface area contributed by atoms with Crippen LogP contribution in [-0.2, 0) is 19.2 Å². The van der Waals surface area contributed by atoms with Gasteiger partial charge in [-0.1, -0.05) is 25.9 Å². The molecule has 2 aliphatic rings. The molecule has 1 fully saturated rings. The third-order valence-corrected chi connectivity index (χ3v) is 5.74. The van der Waals surface area contributed by atoms with Crippen molar-refractivity contribution in [2.24, 2.45) is 11.3 Å². The maximum atomic E-state index is 14.6. The number of aromatic nitrogens is 3. The molecule has 0 aliphatic carbocycles. The maximum Gasteiger partial charge on any atom is 0.257 e. The molecule has 2 unspecified atom stereocenters. The Labute approximate surface area is 237 Å². The Morgan fingerprint density at radius 3 is 2.97 bits per heavy atom. The summed E-state index contributed by atoms with van der Waals surface area (Å²) >= 11 is 0. The van der Waals surface area contributed by atoms with Gasteiger partial charge in [-0.15, -0.1) is 0 Å². The molecule has 2 atom stereocenters. The molecule has 5 rings (SSSR count). The second-order valence-electron chi connectivity index (χ2n) is 9.08. The molecule has 0 spiro atoms. The van der Waals surface area contributed by atoms with Gasteiger partial charge in [-0.3, -0.25) is 14.3 Å². The zero-order chi connectivity index (χ0) is 44.6. The van der Waals surface area contributed by atoms with Crippen molar-refractivity contribution < 1.29 is 39.1 Å². The molecule has 0 N–H and O–H groups in total. The summed E-state index contributed by atoms with van der Waals surface area (Å²) in [4.78, 5) is 17.9. The third-order valence-electron chi connectivity index (χ3n) is 5.74. The zero-order valence-corrected chi connectivity index (χ0v) is 19.5. The van der Waals surface area contributed by atoms with E-state index in [9.17, 15) is 16.0 Å². The van der Waals surface area contributed by atoms with E-state index < -0.39 is 138 Å². The highest BCUT2D eigenvalue weighted by molar-refractivity contribution is 5.79. The van der Waals surface area contributed by atoms with Gasteiger partial charge in [0.1, 0.15) is 11.6 Å². The van der Waals surface area contributed by atoms with Crippen LogP contribution in [0.3, 0.4) is 0 Å². The summed E-state index contributed by atoms with van der Waals surface area (Å²) in [5.41, 5.74) is -12.8. The Bertz CT molecular complexity index is 2250. The largest absolute Gasteiger partial charge is 0.356 e. The number of likely N-dealkylation sites (tertiary alicyclic amines) is 1. The lowest BCUT2D eigenvalue weighted by Crippen LogP contribution is -2.50. The first-order chi connectivity index (χ1) is 25.0. The molecule has 3 aromatic rings. The maximum absolute atomic E-state index is 14.6. The molecule has 7 heteroatoms. The summed E-state index contributed by atoms with van der Waals surface area (Å²) in [6, 6.07) is -3.62. The first kappa shape index (κ1) is 9.40. The fourth-order valence-corrected chi connectivity index (χ4v) is 3.46. The number of halogens is 1. The molecule has 35 heavy (non-hydrogen) atoms. The van der Waals surface area contributed by atoms with Crippen molar-refractivity contribution >= 4 is 11.0 Å². The Morgan fingerprint density at radius 1 is 1.40 bits per heavy atom. The topological polar surface area (TPSA) is 64.2 Å². The second-order valence-corrected chi connectivity index (χ2v) is 9.08. The summed E-state index contributed by atoms with van der Waals surface area (Å²) in [6.45, 7) is -10.9. The minimum atomic E-state index is -4.31. The predicted octanol–water partition coefficient (Wildman–Crippen LogP) is 5.25. The highest BCUT2D eigenvalue weighted by Gasteiger charge is 2.38. The normalized spacial score (nSPS) is 45.8. The van der Waals surface area contributed by atoms with Crippen LogP contribution >= 0.6 is 0 Å². The van der Waals surface area contributed by atoms with Gasteiger partial charge in [0.2, 0.25) is 0 Å². The van der Waals surface area contributed by atoms with E-state index in [1.807, 2.05) is 0 Å². The van der Waals surface area contributed by atoms with Crippen molar-refractivity contribution in [2.75, 3.05) is 13.0 Å². The molecule has 0 bridgehead atoms. The molecule has 6 nitrogen and oxygen atoms in total. The number of aryl methyl sites for hydroxylation is 1. The molecule has 1 aromatic carbocycles. The molecular formula is C28H37FN4O2. The van der Waals surface area contributed by atoms with Crippen LogP contribution in [0, 0.1) is 24.0 Å². The van der Waals surface area contributed by atoms with Crippen LogP contribution in [0.4, 0.5) is 4.39 Å². The van der Waals surface area contributed by atoms with Gasteiger partial charge in [-0.2, -0.15) is 0 Å². The molecule has 0 radical (unpaired) electrons. The number of hydrogen-bond donors (Lipinski definition) is 0. The quantitative estimate of drug-likeness (QED) is 0.487. The van der Waals surface area contributed by atoms with E-state index in [0.29, 0.717) is 13.8 Å². The van der Waals surface area contributed by atoms with Gasteiger partial charge in [0.25, 0.3) is 5.56 Å². The lowest BCUT2D eigenvalue weighted by Gasteiger charge is -2.45. The van der Waals surface area contributed by atoms with Gasteiger partial charge in [0, 0.05) is 76.8 Å². The van der Waals surface area contributed by atoms with Crippen molar-refractivity contribution in [3.05, 3.63) is 57.1 Å². The van der Waals surface area contributed by atoms with Crippen LogP contribution in [0.1, 0.15) is 106 Å². The monoisotopic (exact) mass is 502 g/mol. The van der Waals surface area contributed by atoms with Gasteiger partial charge in [-0.05, 0) is 69.7 Å². The summed E-state index contributed by atoms with van der Waals surface area (Å²) in [5.74, 6) is -9.14. The Morgan fingerprint density at radius 2 is 2.20 bits per heavy atom. The van der Waals surface area contributed by atoms with Gasteiger partial charge >= 0.3 is 0 Å². The number of nitrogens with zero attached hydrogens (tertiary/aromatic N) is 4. The lowest BCUT2D eigenvalue weighted by atomic mass is 9.75. The van der Waals surface area contributed by atoms with Gasteiger partial charge < -0.3 is 4.52 Å². The molecule has 2 aromatic heterocycles. The van der Waals surface area contributed by atoms with Crippen LogP contribution in [0.25, 0.3) is 11.0 Å². The van der Waals surface area contributed by atoms with E-state index >= 15 is 0 Å². The van der Waals surface area contributed by atoms with Crippen LogP contribution < -0.4 is 5.56 Å². The van der Waals surface area contributed by atoms with Crippen LogP contribution in [-0.4, -0.2) is 38.1 Å². The smallest absolute Gasteiger partial charge is 0.257 e. The SMILES string of the molecule is [2H]c1c(F)c([2H])c2onc(C3([2H])C([2H])([2H])C([2H])([2H])N(C([2H])([2H])C([2H])([2H])c4c(C([2H])([2H])[2H])nc5n(c4=O)C([2H])([2H])C(C)(C)C([2H])(C)C5([2H])[2H])C(C)(C)C3([2H])[2H])c2c1[2H]. The van der Waals surface area contributed by atoms with E-state index in [-0.39, 0.29) is 9.47 Å². The van der Waals surface area contributed by atoms with Crippen LogP contribution in [0.15, 0.2) is 27.4 Å². The molecule has 188 valence electrons. The van der Waals surface area contributed by atoms with E-state index in [1.54, 1.807) is 0 Å². The van der Waals surface area contributed by atoms with Gasteiger partial charge in [0.05, 0.1) is 12.5 Å². The molecule has 2 aliphatic heterocycles. The highest BCUT2D eigenvalue weighted by Crippen LogP contribution is 2.40. The Hall–Kier alpha value is -2.54. The van der Waals surface area contributed by atoms with E-state index in [1.165, 1.54) is 0 Å². The number of fused-ring (bicyclic) bond motifs is 2. The highest BCUT2D eigenvalue weighted by atomic mass is 19.1. The van der Waals surface area contributed by atoms with Crippen molar-refractivity contribution in [2.45, 2.75) is 84.9 Å². The molecule has 0 amide bonds. The minimum Gasteiger partial charge on any atom is -0.356 e. The fraction of sp³-hybridized carbons (Fsp3) is 0.607. The Kier molecular flexibility index (Phi) is 2.29. The predicted molar refractivity (Wildman–Crippen MR) is 135 cm³/mol. The van der Waals surface area contributed by atoms with Crippen LogP contribution in [0.5, 0.6) is 0 Å². The first-order valence-corrected chi connectivity index (χ1v) is 10.5. The number of hydrogen-bond acceptors (Lipinski definition) is 5. The molecular weight excluding hydrogens is 443 g/mol. The van der Waals surface area contributed by atoms with Crippen molar-refractivity contribution in [1.82, 2.24) is 19.6 Å². The van der Waals surface area contributed by atoms with Crippen LogP contribution in [0.2, 0.25) is 0 Å². The summed E-state index contributed by atoms with van der Waals surface area (Å²) in [6.07, 6.45) is -15.3. The van der Waals surface area contributed by atoms with E-state index in [2.05, 4.69) is 10.1 Å². The number of piperidine rings is 1. The van der Waals surface area contributed by atoms with Crippen molar-refractivity contribution in [1.29, 1.82) is 0 Å². The molecule has 1 saturated heterocycles. The lowest BCUT2D eigenvalue weighted by molar-refractivity contribution is 0.0653. The van der Waals surface area contributed by atoms with Gasteiger partial charge in [-0.25, -0.2) is 9.37 Å².